The lowest BCUT2D eigenvalue weighted by atomic mass is 10.2. The van der Waals surface area contributed by atoms with Gasteiger partial charge in [-0.3, -0.25) is 0 Å². The number of rotatable bonds is 1. The van der Waals surface area contributed by atoms with Crippen LogP contribution >= 0.6 is 27.5 Å². The molecule has 2 rings (SSSR count). The molecule has 0 aliphatic heterocycles. The molecule has 0 saturated carbocycles. The molecule has 0 fully saturated rings. The van der Waals surface area contributed by atoms with E-state index in [-0.39, 0.29) is 11.3 Å². The SMILES string of the molecule is Cc1nc2c(OC(F)(F)F)cccc2c(Br)c1Cl. The number of pyridine rings is 1. The number of para-hydroxylation sites is 1. The van der Waals surface area contributed by atoms with Gasteiger partial charge in [0.1, 0.15) is 5.52 Å². The molecule has 0 radical (unpaired) electrons. The molecule has 0 N–H and O–H groups in total. The van der Waals surface area contributed by atoms with E-state index in [1.54, 1.807) is 13.0 Å². The molecule has 0 unspecified atom stereocenters. The number of hydrogen-bond acceptors (Lipinski definition) is 2. The molecule has 0 saturated heterocycles. The minimum Gasteiger partial charge on any atom is -0.403 e. The quantitative estimate of drug-likeness (QED) is 0.740. The molecule has 18 heavy (non-hydrogen) atoms. The van der Waals surface area contributed by atoms with E-state index in [1.807, 2.05) is 0 Å². The van der Waals surface area contributed by atoms with Gasteiger partial charge in [0, 0.05) is 9.86 Å². The zero-order valence-corrected chi connectivity index (χ0v) is 11.3. The zero-order chi connectivity index (χ0) is 13.5. The summed E-state index contributed by atoms with van der Waals surface area (Å²) in [6.07, 6.45) is -4.75. The summed E-state index contributed by atoms with van der Waals surface area (Å²) in [5.74, 6) is -0.347. The lowest BCUT2D eigenvalue weighted by Gasteiger charge is -2.12. The van der Waals surface area contributed by atoms with Crippen LogP contribution in [-0.4, -0.2) is 11.3 Å². The average molecular weight is 341 g/mol. The van der Waals surface area contributed by atoms with Crippen LogP contribution in [0.15, 0.2) is 22.7 Å². The van der Waals surface area contributed by atoms with Crippen LogP contribution in [-0.2, 0) is 0 Å². The van der Waals surface area contributed by atoms with Crippen LogP contribution in [0.2, 0.25) is 5.02 Å². The molecule has 1 aromatic heterocycles. The lowest BCUT2D eigenvalue weighted by molar-refractivity contribution is -0.274. The minimum absolute atomic E-state index is 0.114. The molecule has 96 valence electrons. The van der Waals surface area contributed by atoms with Gasteiger partial charge in [0.15, 0.2) is 5.75 Å². The molecule has 0 aliphatic rings. The molecule has 1 aromatic carbocycles. The van der Waals surface area contributed by atoms with Crippen molar-refractivity contribution in [1.29, 1.82) is 0 Å². The van der Waals surface area contributed by atoms with E-state index in [1.165, 1.54) is 12.1 Å². The summed E-state index contributed by atoms with van der Waals surface area (Å²) in [7, 11) is 0. The van der Waals surface area contributed by atoms with Crippen molar-refractivity contribution in [1.82, 2.24) is 4.98 Å². The van der Waals surface area contributed by atoms with Crippen molar-refractivity contribution in [3.63, 3.8) is 0 Å². The van der Waals surface area contributed by atoms with E-state index in [0.29, 0.717) is 20.6 Å². The van der Waals surface area contributed by atoms with Crippen LogP contribution < -0.4 is 4.74 Å². The molecular weight excluding hydrogens is 334 g/mol. The molecule has 2 nitrogen and oxygen atoms in total. The largest absolute Gasteiger partial charge is 0.573 e. The Kier molecular flexibility index (Phi) is 3.42. The van der Waals surface area contributed by atoms with Crippen LogP contribution in [0, 0.1) is 6.92 Å². The third kappa shape index (κ3) is 2.54. The third-order valence-electron chi connectivity index (χ3n) is 2.25. The van der Waals surface area contributed by atoms with Gasteiger partial charge in [-0.1, -0.05) is 23.7 Å². The molecule has 1 heterocycles. The van der Waals surface area contributed by atoms with Gasteiger partial charge >= 0.3 is 6.36 Å². The normalized spacial score (nSPS) is 11.9. The summed E-state index contributed by atoms with van der Waals surface area (Å²) >= 11 is 9.21. The topological polar surface area (TPSA) is 22.1 Å². The Hall–Kier alpha value is -1.01. The first-order chi connectivity index (χ1) is 8.29. The summed E-state index contributed by atoms with van der Waals surface area (Å²) < 4.78 is 41.2. The Morgan fingerprint density at radius 2 is 2.00 bits per heavy atom. The highest BCUT2D eigenvalue weighted by Gasteiger charge is 2.32. The Morgan fingerprint density at radius 1 is 1.33 bits per heavy atom. The van der Waals surface area contributed by atoms with Crippen molar-refractivity contribution in [3.05, 3.63) is 33.4 Å². The van der Waals surface area contributed by atoms with E-state index in [9.17, 15) is 13.2 Å². The predicted octanol–water partition coefficient (Wildman–Crippen LogP) is 4.86. The second-order valence-corrected chi connectivity index (χ2v) is 4.70. The monoisotopic (exact) mass is 339 g/mol. The van der Waals surface area contributed by atoms with Crippen molar-refractivity contribution >= 4 is 38.4 Å². The summed E-state index contributed by atoms with van der Waals surface area (Å²) in [4.78, 5) is 4.03. The van der Waals surface area contributed by atoms with Crippen molar-refractivity contribution in [2.75, 3.05) is 0 Å². The number of halogens is 5. The van der Waals surface area contributed by atoms with Crippen LogP contribution in [0.3, 0.4) is 0 Å². The van der Waals surface area contributed by atoms with E-state index >= 15 is 0 Å². The molecule has 0 bridgehead atoms. The van der Waals surface area contributed by atoms with Crippen molar-refractivity contribution in [3.8, 4) is 5.75 Å². The van der Waals surface area contributed by atoms with Crippen LogP contribution in [0.4, 0.5) is 13.2 Å². The summed E-state index contributed by atoms with van der Waals surface area (Å²) in [6.45, 7) is 1.61. The number of fused-ring (bicyclic) bond motifs is 1. The van der Waals surface area contributed by atoms with E-state index in [4.69, 9.17) is 11.6 Å². The first-order valence-corrected chi connectivity index (χ1v) is 5.97. The number of aromatic nitrogens is 1. The predicted molar refractivity (Wildman–Crippen MR) is 65.9 cm³/mol. The van der Waals surface area contributed by atoms with E-state index in [2.05, 4.69) is 25.7 Å². The molecule has 7 heteroatoms. The van der Waals surface area contributed by atoms with E-state index in [0.717, 1.165) is 0 Å². The number of nitrogens with zero attached hydrogens (tertiary/aromatic N) is 1. The van der Waals surface area contributed by atoms with Crippen LogP contribution in [0.1, 0.15) is 5.69 Å². The maximum Gasteiger partial charge on any atom is 0.573 e. The molecule has 0 atom stereocenters. The molecular formula is C11H6BrClF3NO. The number of aryl methyl sites for hydroxylation is 1. The van der Waals surface area contributed by atoms with Gasteiger partial charge in [-0.05, 0) is 28.9 Å². The maximum atomic E-state index is 12.3. The molecule has 0 spiro atoms. The maximum absolute atomic E-state index is 12.3. The van der Waals surface area contributed by atoms with Gasteiger partial charge in [-0.2, -0.15) is 0 Å². The van der Waals surface area contributed by atoms with Crippen molar-refractivity contribution in [2.24, 2.45) is 0 Å². The fourth-order valence-electron chi connectivity index (χ4n) is 1.52. The second-order valence-electron chi connectivity index (χ2n) is 3.53. The van der Waals surface area contributed by atoms with Gasteiger partial charge in [0.25, 0.3) is 0 Å². The zero-order valence-electron chi connectivity index (χ0n) is 8.98. The Balaban J connectivity index is 2.70. The van der Waals surface area contributed by atoms with Gasteiger partial charge in [0.2, 0.25) is 0 Å². The highest BCUT2D eigenvalue weighted by atomic mass is 79.9. The lowest BCUT2D eigenvalue weighted by Crippen LogP contribution is -2.17. The number of ether oxygens (including phenoxy) is 1. The fraction of sp³-hybridized carbons (Fsp3) is 0.182. The smallest absolute Gasteiger partial charge is 0.403 e. The highest BCUT2D eigenvalue weighted by Crippen LogP contribution is 2.37. The summed E-state index contributed by atoms with van der Waals surface area (Å²) in [5, 5.41) is 0.832. The number of hydrogen-bond donors (Lipinski definition) is 0. The van der Waals surface area contributed by atoms with Gasteiger partial charge in [0.05, 0.1) is 10.7 Å². The number of alkyl halides is 3. The van der Waals surface area contributed by atoms with E-state index < -0.39 is 6.36 Å². The molecule has 2 aromatic rings. The van der Waals surface area contributed by atoms with Crippen molar-refractivity contribution in [2.45, 2.75) is 13.3 Å². The van der Waals surface area contributed by atoms with Crippen LogP contribution in [0.25, 0.3) is 10.9 Å². The highest BCUT2D eigenvalue weighted by molar-refractivity contribution is 9.10. The van der Waals surface area contributed by atoms with Gasteiger partial charge < -0.3 is 4.74 Å². The minimum atomic E-state index is -4.75. The first kappa shape index (κ1) is 13.4. The molecule has 0 amide bonds. The number of benzene rings is 1. The van der Waals surface area contributed by atoms with Gasteiger partial charge in [-0.25, -0.2) is 4.98 Å². The Labute approximate surface area is 114 Å². The average Bonchev–Trinajstić information content (AvgIpc) is 2.25. The Bertz CT molecular complexity index is 615. The first-order valence-electron chi connectivity index (χ1n) is 4.79. The Morgan fingerprint density at radius 3 is 2.61 bits per heavy atom. The van der Waals surface area contributed by atoms with Crippen molar-refractivity contribution < 1.29 is 17.9 Å². The standard InChI is InChI=1S/C11H6BrClF3NO/c1-5-9(13)8(12)6-3-2-4-7(10(6)17-5)18-11(14,15)16/h2-4H,1H3. The summed E-state index contributed by atoms with van der Waals surface area (Å²) in [5.41, 5.74) is 0.540. The van der Waals surface area contributed by atoms with Gasteiger partial charge in [-0.15, -0.1) is 13.2 Å². The fourth-order valence-corrected chi connectivity index (χ4v) is 2.27. The molecule has 0 aliphatic carbocycles. The second kappa shape index (κ2) is 4.59. The van der Waals surface area contributed by atoms with Crippen LogP contribution in [0.5, 0.6) is 5.75 Å². The third-order valence-corrected chi connectivity index (χ3v) is 3.77. The summed E-state index contributed by atoms with van der Waals surface area (Å²) in [6, 6.07) is 4.27.